The fourth-order valence-corrected chi connectivity index (χ4v) is 0. The van der Waals surface area contributed by atoms with Crippen molar-refractivity contribution in [2.45, 2.75) is 0 Å². The van der Waals surface area contributed by atoms with E-state index in [0.717, 1.165) is 7.57 Å². The second kappa shape index (κ2) is 2.37. The molecule has 0 aliphatic carbocycles. The Bertz CT molecular complexity index is 56.9. The molecule has 5 N–H and O–H groups in total. The van der Waals surface area contributed by atoms with Gasteiger partial charge >= 0.3 is 0 Å². The van der Waals surface area contributed by atoms with Gasteiger partial charge in [-0.2, -0.15) is 0 Å². The van der Waals surface area contributed by atoms with Gasteiger partial charge in [0.05, 0.1) is 0 Å². The van der Waals surface area contributed by atoms with E-state index in [9.17, 15) is 4.57 Å². The zero-order chi connectivity index (χ0) is 4.50. The summed E-state index contributed by atoms with van der Waals surface area (Å²) in [7, 11) is -2.78. The van der Waals surface area contributed by atoms with Crippen LogP contribution in [0, 0.1) is 0 Å². The molecule has 0 aromatic carbocycles. The average molecular weight is 111 g/mol. The van der Waals surface area contributed by atoms with Crippen molar-refractivity contribution in [3.8, 4) is 0 Å². The molecule has 0 rings (SSSR count). The van der Waals surface area contributed by atoms with E-state index < -0.39 is 7.47 Å². The van der Waals surface area contributed by atoms with Crippen LogP contribution in [0.1, 0.15) is 0 Å². The quantitative estimate of drug-likeness (QED) is 0.272. The molecule has 0 spiro atoms. The summed E-state index contributed by atoms with van der Waals surface area (Å²) in [5, 5.41) is 0. The van der Waals surface area contributed by atoms with Crippen molar-refractivity contribution in [3.05, 3.63) is 0 Å². The molecular formula is H7BNO3P. The van der Waals surface area contributed by atoms with Gasteiger partial charge in [-0.1, -0.05) is 0 Å². The Kier molecular flexibility index (Phi) is 3.74. The van der Waals surface area contributed by atoms with Crippen LogP contribution in [0.25, 0.3) is 0 Å². The van der Waals surface area contributed by atoms with Crippen LogP contribution >= 0.6 is 7.47 Å². The second-order valence-corrected chi connectivity index (χ2v) is 2.51. The van der Waals surface area contributed by atoms with Crippen LogP contribution in [0.2, 0.25) is 0 Å². The molecule has 0 atom stereocenters. The third-order valence-corrected chi connectivity index (χ3v) is 0. The maximum absolute atomic E-state index is 9.33. The van der Waals surface area contributed by atoms with Crippen molar-refractivity contribution in [3.63, 3.8) is 0 Å². The first-order valence-corrected chi connectivity index (χ1v) is 3.09. The molecule has 38 valence electrons. The first-order chi connectivity index (χ1) is 2.00. The highest BCUT2D eigenvalue weighted by Crippen LogP contribution is 2.24. The van der Waals surface area contributed by atoms with Crippen LogP contribution in [0.4, 0.5) is 0 Å². The van der Waals surface area contributed by atoms with Crippen molar-refractivity contribution in [1.29, 1.82) is 0 Å². The van der Waals surface area contributed by atoms with E-state index in [-0.39, 0.29) is 6.15 Å². The van der Waals surface area contributed by atoms with E-state index >= 15 is 0 Å². The summed E-state index contributed by atoms with van der Waals surface area (Å²) < 4.78 is 9.33. The Morgan fingerprint density at radius 2 is 1.50 bits per heavy atom. The predicted octanol–water partition coefficient (Wildman–Crippen LogP) is -1.13. The molecule has 0 aromatic rings. The van der Waals surface area contributed by atoms with Gasteiger partial charge in [0.1, 0.15) is 0 Å². The molecule has 0 bridgehead atoms. The molecule has 4 nitrogen and oxygen atoms in total. The third kappa shape index (κ3) is 1380. The Morgan fingerprint density at radius 3 is 1.50 bits per heavy atom. The Balaban J connectivity index is 0. The first-order valence-electron chi connectivity index (χ1n) is 1.03. The van der Waals surface area contributed by atoms with Gasteiger partial charge in [0.15, 0.2) is 0 Å². The molecule has 0 amide bonds. The molecule has 0 aliphatic rings. The molecule has 0 fully saturated rings. The molecular weight excluding hydrogens is 104 g/mol. The minimum atomic E-state index is -3.64. The Morgan fingerprint density at radius 1 is 1.50 bits per heavy atom. The SMILES string of the molecule is BP(=O)(O)O.N. The zero-order valence-corrected chi connectivity index (χ0v) is 4.35. The van der Waals surface area contributed by atoms with Crippen molar-refractivity contribution in [1.82, 2.24) is 6.15 Å². The minimum Gasteiger partial charge on any atom is -0.344 e. The second-order valence-electron chi connectivity index (χ2n) is 0.835. The highest BCUT2D eigenvalue weighted by Gasteiger charge is 1.95. The zero-order valence-electron chi connectivity index (χ0n) is 3.46. The summed E-state index contributed by atoms with van der Waals surface area (Å²) in [4.78, 5) is 15.3. The van der Waals surface area contributed by atoms with Gasteiger partial charge in [-0.3, -0.25) is 4.57 Å². The van der Waals surface area contributed by atoms with Crippen LogP contribution in [0.5, 0.6) is 0 Å². The van der Waals surface area contributed by atoms with Crippen LogP contribution in [-0.4, -0.2) is 17.4 Å². The normalized spacial score (nSPS) is 9.67. The maximum Gasteiger partial charge on any atom is 0.265 e. The highest BCUT2D eigenvalue weighted by atomic mass is 31.2. The number of rotatable bonds is 0. The van der Waals surface area contributed by atoms with Gasteiger partial charge in [-0.25, -0.2) is 0 Å². The first kappa shape index (κ1) is 9.49. The molecule has 0 saturated carbocycles. The summed E-state index contributed by atoms with van der Waals surface area (Å²) in [6, 6.07) is 0. The smallest absolute Gasteiger partial charge is 0.265 e. The minimum absolute atomic E-state index is 0. The summed E-state index contributed by atoms with van der Waals surface area (Å²) in [6.45, 7) is 0. The summed E-state index contributed by atoms with van der Waals surface area (Å²) >= 11 is 0. The summed E-state index contributed by atoms with van der Waals surface area (Å²) in [5.41, 5.74) is 0. The monoisotopic (exact) mass is 111 g/mol. The van der Waals surface area contributed by atoms with E-state index in [0.29, 0.717) is 0 Å². The van der Waals surface area contributed by atoms with Gasteiger partial charge in [0.2, 0.25) is 0 Å². The lowest BCUT2D eigenvalue weighted by atomic mass is 10.8. The van der Waals surface area contributed by atoms with E-state index in [1.165, 1.54) is 0 Å². The number of hydrogen-bond donors (Lipinski definition) is 3. The molecule has 0 radical (unpaired) electrons. The fraction of sp³-hybridized carbons (Fsp3) is 0. The number of hydrogen-bond acceptors (Lipinski definition) is 2. The lowest BCUT2D eigenvalue weighted by Gasteiger charge is -1.85. The summed E-state index contributed by atoms with van der Waals surface area (Å²) in [5.74, 6) is 0. The van der Waals surface area contributed by atoms with Gasteiger partial charge in [0, 0.05) is 0 Å². The standard InChI is InChI=1S/BH4O3P.H3N/c1-5(2,3)4;/h1H2,(H2,2,3,4);1H3. The van der Waals surface area contributed by atoms with E-state index in [1.54, 1.807) is 0 Å². The van der Waals surface area contributed by atoms with E-state index in [4.69, 9.17) is 9.79 Å². The van der Waals surface area contributed by atoms with Crippen molar-refractivity contribution in [2.24, 2.45) is 0 Å². The van der Waals surface area contributed by atoms with Crippen LogP contribution in [0.3, 0.4) is 0 Å². The van der Waals surface area contributed by atoms with Crippen molar-refractivity contribution < 1.29 is 14.4 Å². The van der Waals surface area contributed by atoms with Gasteiger partial charge in [-0.05, 0) is 0 Å². The Hall–Kier alpha value is 0.175. The third-order valence-electron chi connectivity index (χ3n) is 0. The van der Waals surface area contributed by atoms with Crippen LogP contribution in [0.15, 0.2) is 0 Å². The van der Waals surface area contributed by atoms with Gasteiger partial charge in [0.25, 0.3) is 15.0 Å². The summed E-state index contributed by atoms with van der Waals surface area (Å²) in [6.07, 6.45) is 0. The molecule has 0 aliphatic heterocycles. The van der Waals surface area contributed by atoms with Crippen LogP contribution < -0.4 is 6.15 Å². The highest BCUT2D eigenvalue weighted by molar-refractivity contribution is 7.77. The van der Waals surface area contributed by atoms with Gasteiger partial charge < -0.3 is 15.9 Å². The lowest BCUT2D eigenvalue weighted by Crippen LogP contribution is -1.67. The molecule has 0 unspecified atom stereocenters. The molecule has 6 heteroatoms. The average Bonchev–Trinajstić information content (AvgIpc) is 0.722. The lowest BCUT2D eigenvalue weighted by molar-refractivity contribution is 0.395. The maximum atomic E-state index is 9.33. The van der Waals surface area contributed by atoms with E-state index in [1.807, 2.05) is 0 Å². The molecule has 0 saturated heterocycles. The molecule has 6 heavy (non-hydrogen) atoms. The van der Waals surface area contributed by atoms with E-state index in [2.05, 4.69) is 0 Å². The predicted molar refractivity (Wildman–Crippen MR) is 25.6 cm³/mol. The Labute approximate surface area is 36.7 Å². The van der Waals surface area contributed by atoms with Crippen LogP contribution in [-0.2, 0) is 4.57 Å². The molecule has 0 aromatic heterocycles. The van der Waals surface area contributed by atoms with Gasteiger partial charge in [-0.15, -0.1) is 0 Å². The largest absolute Gasteiger partial charge is 0.344 e. The fourth-order valence-electron chi connectivity index (χ4n) is 0. The van der Waals surface area contributed by atoms with Crippen molar-refractivity contribution >= 4 is 15.0 Å². The molecule has 0 heterocycles. The topological polar surface area (TPSA) is 92.5 Å². The van der Waals surface area contributed by atoms with Crippen molar-refractivity contribution in [2.75, 3.05) is 0 Å².